The second kappa shape index (κ2) is 4.00. The molecule has 1 aliphatic carbocycles. The number of rotatable bonds is 3. The van der Waals surface area contributed by atoms with Crippen molar-refractivity contribution in [1.29, 1.82) is 0 Å². The van der Waals surface area contributed by atoms with E-state index in [0.29, 0.717) is 11.8 Å². The van der Waals surface area contributed by atoms with Crippen molar-refractivity contribution in [2.75, 3.05) is 6.54 Å². The molecule has 0 saturated heterocycles. The second-order valence-electron chi connectivity index (χ2n) is 4.55. The van der Waals surface area contributed by atoms with E-state index in [1.807, 2.05) is 12.1 Å². The van der Waals surface area contributed by atoms with Crippen LogP contribution in [0.3, 0.4) is 0 Å². The smallest absolute Gasteiger partial charge is 0.134 e. The van der Waals surface area contributed by atoms with Crippen LogP contribution in [-0.4, -0.2) is 6.54 Å². The van der Waals surface area contributed by atoms with Crippen LogP contribution in [0.15, 0.2) is 40.8 Å². The third kappa shape index (κ3) is 1.98. The summed E-state index contributed by atoms with van der Waals surface area (Å²) in [4.78, 5) is 0. The predicted molar refractivity (Wildman–Crippen MR) is 64.0 cm³/mol. The van der Waals surface area contributed by atoms with Gasteiger partial charge in [0, 0.05) is 11.5 Å². The van der Waals surface area contributed by atoms with E-state index in [1.54, 1.807) is 12.1 Å². The molecule has 0 bridgehead atoms. The summed E-state index contributed by atoms with van der Waals surface area (Å²) < 4.78 is 18.6. The van der Waals surface area contributed by atoms with Gasteiger partial charge in [0.15, 0.2) is 0 Å². The van der Waals surface area contributed by atoms with E-state index >= 15 is 0 Å². The van der Waals surface area contributed by atoms with Gasteiger partial charge in [-0.1, -0.05) is 0 Å². The predicted octanol–water partition coefficient (Wildman–Crippen LogP) is 3.15. The molecule has 2 nitrogen and oxygen atoms in total. The van der Waals surface area contributed by atoms with Gasteiger partial charge >= 0.3 is 0 Å². The number of benzene rings is 1. The first-order valence-corrected chi connectivity index (χ1v) is 5.83. The Morgan fingerprint density at radius 2 is 1.94 bits per heavy atom. The van der Waals surface area contributed by atoms with Gasteiger partial charge in [-0.05, 0) is 55.3 Å². The fourth-order valence-corrected chi connectivity index (χ4v) is 2.18. The highest BCUT2D eigenvalue weighted by Crippen LogP contribution is 2.47. The standard InChI is InChI=1S/C14H14FNO/c15-11-3-1-9(2-4-11)13-5-6-14(17-13)12-7-10(12)8-16/h1-6,10,12H,7-8,16H2. The van der Waals surface area contributed by atoms with Gasteiger partial charge in [-0.25, -0.2) is 4.39 Å². The molecule has 2 N–H and O–H groups in total. The molecule has 17 heavy (non-hydrogen) atoms. The molecule has 1 saturated carbocycles. The lowest BCUT2D eigenvalue weighted by Gasteiger charge is -1.97. The Kier molecular flexibility index (Phi) is 2.48. The summed E-state index contributed by atoms with van der Waals surface area (Å²) >= 11 is 0. The SMILES string of the molecule is NCC1CC1c1ccc(-c2ccc(F)cc2)o1. The number of hydrogen-bond donors (Lipinski definition) is 1. The van der Waals surface area contributed by atoms with Crippen LogP contribution < -0.4 is 5.73 Å². The average molecular weight is 231 g/mol. The highest BCUT2D eigenvalue weighted by atomic mass is 19.1. The summed E-state index contributed by atoms with van der Waals surface area (Å²) in [5, 5.41) is 0. The minimum absolute atomic E-state index is 0.231. The number of furan rings is 1. The first-order chi connectivity index (χ1) is 8.28. The molecule has 1 aromatic heterocycles. The zero-order valence-electron chi connectivity index (χ0n) is 9.40. The summed E-state index contributed by atoms with van der Waals surface area (Å²) in [5.74, 6) is 2.62. The van der Waals surface area contributed by atoms with E-state index in [2.05, 4.69) is 0 Å². The van der Waals surface area contributed by atoms with Crippen molar-refractivity contribution in [1.82, 2.24) is 0 Å². The van der Waals surface area contributed by atoms with E-state index in [0.717, 1.165) is 30.0 Å². The fourth-order valence-electron chi connectivity index (χ4n) is 2.18. The maximum Gasteiger partial charge on any atom is 0.134 e. The Bertz CT molecular complexity index is 517. The van der Waals surface area contributed by atoms with Crippen molar-refractivity contribution in [3.8, 4) is 11.3 Å². The zero-order valence-corrected chi connectivity index (χ0v) is 9.40. The molecule has 1 heterocycles. The summed E-state index contributed by atoms with van der Waals surface area (Å²) in [6, 6.07) is 10.3. The van der Waals surface area contributed by atoms with Crippen molar-refractivity contribution in [2.45, 2.75) is 12.3 Å². The van der Waals surface area contributed by atoms with Gasteiger partial charge < -0.3 is 10.2 Å². The largest absolute Gasteiger partial charge is 0.461 e. The molecule has 2 unspecified atom stereocenters. The van der Waals surface area contributed by atoms with Gasteiger partial charge in [0.05, 0.1) is 0 Å². The quantitative estimate of drug-likeness (QED) is 0.881. The summed E-state index contributed by atoms with van der Waals surface area (Å²) in [5.41, 5.74) is 6.52. The van der Waals surface area contributed by atoms with E-state index in [9.17, 15) is 4.39 Å². The van der Waals surface area contributed by atoms with Crippen LogP contribution in [0.2, 0.25) is 0 Å². The van der Waals surface area contributed by atoms with Gasteiger partial charge in [0.2, 0.25) is 0 Å². The molecule has 0 radical (unpaired) electrons. The number of nitrogens with two attached hydrogens (primary N) is 1. The highest BCUT2D eigenvalue weighted by Gasteiger charge is 2.39. The van der Waals surface area contributed by atoms with Crippen LogP contribution >= 0.6 is 0 Å². The Morgan fingerprint density at radius 1 is 1.18 bits per heavy atom. The third-order valence-corrected chi connectivity index (χ3v) is 3.35. The van der Waals surface area contributed by atoms with Crippen LogP contribution in [0, 0.1) is 11.7 Å². The summed E-state index contributed by atoms with van der Waals surface area (Å²) in [6.07, 6.45) is 1.12. The molecule has 3 heteroatoms. The van der Waals surface area contributed by atoms with Gasteiger partial charge in [-0.2, -0.15) is 0 Å². The van der Waals surface area contributed by atoms with Gasteiger partial charge in [0.1, 0.15) is 17.3 Å². The lowest BCUT2D eigenvalue weighted by atomic mass is 10.2. The first-order valence-electron chi connectivity index (χ1n) is 5.83. The molecule has 0 aliphatic heterocycles. The van der Waals surface area contributed by atoms with Crippen molar-refractivity contribution < 1.29 is 8.81 Å². The first kappa shape index (κ1) is 10.5. The van der Waals surface area contributed by atoms with Gasteiger partial charge in [0.25, 0.3) is 0 Å². The van der Waals surface area contributed by atoms with Crippen molar-refractivity contribution in [3.63, 3.8) is 0 Å². The number of hydrogen-bond acceptors (Lipinski definition) is 2. The minimum Gasteiger partial charge on any atom is -0.461 e. The molecule has 1 aliphatic rings. The Morgan fingerprint density at radius 3 is 2.59 bits per heavy atom. The molecule has 2 aromatic rings. The van der Waals surface area contributed by atoms with E-state index < -0.39 is 0 Å². The molecule has 88 valence electrons. The Hall–Kier alpha value is -1.61. The molecule has 3 rings (SSSR count). The topological polar surface area (TPSA) is 39.2 Å². The van der Waals surface area contributed by atoms with E-state index in [4.69, 9.17) is 10.2 Å². The second-order valence-corrected chi connectivity index (χ2v) is 4.55. The van der Waals surface area contributed by atoms with Crippen LogP contribution in [-0.2, 0) is 0 Å². The van der Waals surface area contributed by atoms with Crippen LogP contribution in [0.25, 0.3) is 11.3 Å². The average Bonchev–Trinajstić information content (AvgIpc) is 2.99. The van der Waals surface area contributed by atoms with Crippen molar-refractivity contribution >= 4 is 0 Å². The molecule has 1 fully saturated rings. The Labute approximate surface area is 99.2 Å². The molecule has 0 amide bonds. The third-order valence-electron chi connectivity index (χ3n) is 3.35. The van der Waals surface area contributed by atoms with E-state index in [-0.39, 0.29) is 5.82 Å². The Balaban J connectivity index is 1.83. The molecule has 2 atom stereocenters. The van der Waals surface area contributed by atoms with E-state index in [1.165, 1.54) is 12.1 Å². The summed E-state index contributed by atoms with van der Waals surface area (Å²) in [7, 11) is 0. The molecular weight excluding hydrogens is 217 g/mol. The lowest BCUT2D eigenvalue weighted by molar-refractivity contribution is 0.516. The van der Waals surface area contributed by atoms with Crippen LogP contribution in [0.4, 0.5) is 4.39 Å². The number of halogens is 1. The molecular formula is C14H14FNO. The van der Waals surface area contributed by atoms with Crippen LogP contribution in [0.1, 0.15) is 18.1 Å². The van der Waals surface area contributed by atoms with Gasteiger partial charge in [-0.3, -0.25) is 0 Å². The molecule has 1 aromatic carbocycles. The minimum atomic E-state index is -0.231. The van der Waals surface area contributed by atoms with Crippen LogP contribution in [0.5, 0.6) is 0 Å². The lowest BCUT2D eigenvalue weighted by Crippen LogP contribution is -2.01. The maximum absolute atomic E-state index is 12.8. The normalized spacial score (nSPS) is 22.7. The van der Waals surface area contributed by atoms with Crippen molar-refractivity contribution in [2.24, 2.45) is 11.7 Å². The zero-order chi connectivity index (χ0) is 11.8. The molecule has 0 spiro atoms. The maximum atomic E-state index is 12.8. The fraction of sp³-hybridized carbons (Fsp3) is 0.286. The van der Waals surface area contributed by atoms with Gasteiger partial charge in [-0.15, -0.1) is 0 Å². The monoisotopic (exact) mass is 231 g/mol. The summed E-state index contributed by atoms with van der Waals surface area (Å²) in [6.45, 7) is 0.719. The van der Waals surface area contributed by atoms with Crippen molar-refractivity contribution in [3.05, 3.63) is 48.0 Å². The highest BCUT2D eigenvalue weighted by molar-refractivity contribution is 5.57.